The van der Waals surface area contributed by atoms with Crippen LogP contribution in [0.25, 0.3) is 0 Å². The summed E-state index contributed by atoms with van der Waals surface area (Å²) in [6.07, 6.45) is 0.270. The maximum Gasteiger partial charge on any atom is 0.315 e. The molecule has 1 amide bonds. The number of amides is 1. The Morgan fingerprint density at radius 3 is 2.67 bits per heavy atom. The predicted octanol–water partition coefficient (Wildman–Crippen LogP) is -0.834. The SMILES string of the molecule is O=C1[N]CCC1[N+](=O)[O-]. The first-order chi connectivity index (χ1) is 4.22. The first-order valence-corrected chi connectivity index (χ1v) is 2.56. The maximum atomic E-state index is 10.4. The van der Waals surface area contributed by atoms with E-state index in [1.807, 2.05) is 0 Å². The van der Waals surface area contributed by atoms with Gasteiger partial charge in [0.25, 0.3) is 6.04 Å². The van der Waals surface area contributed by atoms with Crippen LogP contribution < -0.4 is 5.32 Å². The van der Waals surface area contributed by atoms with E-state index in [1.54, 1.807) is 0 Å². The lowest BCUT2D eigenvalue weighted by Crippen LogP contribution is -2.26. The lowest BCUT2D eigenvalue weighted by Gasteiger charge is -1.92. The molecule has 0 saturated carbocycles. The average Bonchev–Trinajstić information content (AvgIpc) is 2.13. The largest absolute Gasteiger partial charge is 0.315 e. The number of hydrogen-bond donors (Lipinski definition) is 0. The second-order valence-corrected chi connectivity index (χ2v) is 1.81. The van der Waals surface area contributed by atoms with Crippen molar-refractivity contribution in [3.05, 3.63) is 10.1 Å². The maximum absolute atomic E-state index is 10.4. The van der Waals surface area contributed by atoms with Crippen LogP contribution in [0.5, 0.6) is 0 Å². The number of carbonyl (C=O) groups is 1. The van der Waals surface area contributed by atoms with E-state index in [9.17, 15) is 14.9 Å². The summed E-state index contributed by atoms with van der Waals surface area (Å²) in [5.74, 6) is -0.583. The fraction of sp³-hybridized carbons (Fsp3) is 0.750. The molecule has 9 heavy (non-hydrogen) atoms. The molecule has 0 aromatic rings. The fourth-order valence-corrected chi connectivity index (χ4v) is 0.721. The van der Waals surface area contributed by atoms with Crippen LogP contribution in [0.1, 0.15) is 6.42 Å². The number of nitrogens with zero attached hydrogens (tertiary/aromatic N) is 2. The monoisotopic (exact) mass is 129 g/mol. The molecular formula is C4H5N2O3. The van der Waals surface area contributed by atoms with Crippen LogP contribution in [0.3, 0.4) is 0 Å². The van der Waals surface area contributed by atoms with Crippen molar-refractivity contribution in [3.63, 3.8) is 0 Å². The molecule has 0 spiro atoms. The first kappa shape index (κ1) is 6.00. The zero-order chi connectivity index (χ0) is 6.85. The summed E-state index contributed by atoms with van der Waals surface area (Å²) in [5.41, 5.74) is 0. The molecule has 0 aromatic heterocycles. The van der Waals surface area contributed by atoms with E-state index in [1.165, 1.54) is 0 Å². The van der Waals surface area contributed by atoms with Gasteiger partial charge in [-0.05, 0) is 0 Å². The van der Waals surface area contributed by atoms with E-state index in [-0.39, 0.29) is 6.42 Å². The average molecular weight is 129 g/mol. The third-order valence-corrected chi connectivity index (χ3v) is 1.21. The summed E-state index contributed by atoms with van der Waals surface area (Å²) in [7, 11) is 0. The summed E-state index contributed by atoms with van der Waals surface area (Å²) in [6, 6.07) is -1.05. The third-order valence-electron chi connectivity index (χ3n) is 1.21. The molecule has 1 heterocycles. The highest BCUT2D eigenvalue weighted by Crippen LogP contribution is 2.03. The minimum Gasteiger partial charge on any atom is -0.265 e. The molecule has 1 rings (SSSR count). The van der Waals surface area contributed by atoms with Gasteiger partial charge in [-0.3, -0.25) is 14.9 Å². The Morgan fingerprint density at radius 1 is 1.78 bits per heavy atom. The lowest BCUT2D eigenvalue weighted by atomic mass is 10.3. The molecule has 0 aromatic carbocycles. The quantitative estimate of drug-likeness (QED) is 0.342. The molecule has 49 valence electrons. The molecule has 1 unspecified atom stereocenters. The van der Waals surface area contributed by atoms with Gasteiger partial charge in [0.1, 0.15) is 0 Å². The molecule has 1 aliphatic heterocycles. The molecule has 5 heteroatoms. The van der Waals surface area contributed by atoms with Crippen LogP contribution in [-0.2, 0) is 4.79 Å². The normalized spacial score (nSPS) is 25.8. The molecule has 1 atom stereocenters. The molecular weight excluding hydrogens is 124 g/mol. The topological polar surface area (TPSA) is 74.3 Å². The van der Waals surface area contributed by atoms with Gasteiger partial charge in [0.05, 0.1) is 6.54 Å². The van der Waals surface area contributed by atoms with Gasteiger partial charge in [-0.1, -0.05) is 0 Å². The standard InChI is InChI=1S/C4H5N2O3/c7-4-3(6(8)9)1-2-5-4/h3H,1-2H2. The van der Waals surface area contributed by atoms with Crippen molar-refractivity contribution in [2.45, 2.75) is 12.5 Å². The van der Waals surface area contributed by atoms with Crippen LogP contribution in [0, 0.1) is 10.1 Å². The number of hydrogen-bond acceptors (Lipinski definition) is 3. The highest BCUT2D eigenvalue weighted by Gasteiger charge is 2.35. The second-order valence-electron chi connectivity index (χ2n) is 1.81. The molecule has 0 N–H and O–H groups in total. The minimum atomic E-state index is -1.05. The highest BCUT2D eigenvalue weighted by atomic mass is 16.6. The third kappa shape index (κ3) is 0.984. The zero-order valence-electron chi connectivity index (χ0n) is 4.61. The Morgan fingerprint density at radius 2 is 2.44 bits per heavy atom. The number of carbonyl (C=O) groups excluding carboxylic acids is 1. The van der Waals surface area contributed by atoms with E-state index in [4.69, 9.17) is 0 Å². The molecule has 1 radical (unpaired) electrons. The fourth-order valence-electron chi connectivity index (χ4n) is 0.721. The van der Waals surface area contributed by atoms with Gasteiger partial charge in [0.15, 0.2) is 0 Å². The summed E-state index contributed by atoms with van der Waals surface area (Å²) >= 11 is 0. The van der Waals surface area contributed by atoms with Gasteiger partial charge in [0, 0.05) is 11.3 Å². The van der Waals surface area contributed by atoms with Crippen molar-refractivity contribution >= 4 is 5.91 Å². The molecule has 1 aliphatic rings. The van der Waals surface area contributed by atoms with Crippen LogP contribution >= 0.6 is 0 Å². The molecule has 0 bridgehead atoms. The highest BCUT2D eigenvalue weighted by molar-refractivity contribution is 5.82. The Kier molecular flexibility index (Phi) is 1.33. The summed E-state index contributed by atoms with van der Waals surface area (Å²) in [6.45, 7) is 0.310. The van der Waals surface area contributed by atoms with Crippen molar-refractivity contribution in [2.24, 2.45) is 0 Å². The first-order valence-electron chi connectivity index (χ1n) is 2.56. The van der Waals surface area contributed by atoms with Crippen LogP contribution in [0.15, 0.2) is 0 Å². The van der Waals surface area contributed by atoms with Gasteiger partial charge in [-0.25, -0.2) is 5.32 Å². The van der Waals surface area contributed by atoms with Gasteiger partial charge < -0.3 is 0 Å². The van der Waals surface area contributed by atoms with Gasteiger partial charge in [-0.2, -0.15) is 0 Å². The number of nitro groups is 1. The smallest absolute Gasteiger partial charge is 0.265 e. The summed E-state index contributed by atoms with van der Waals surface area (Å²) < 4.78 is 0. The Balaban J connectivity index is 2.60. The number of rotatable bonds is 1. The second kappa shape index (κ2) is 2.00. The van der Waals surface area contributed by atoms with E-state index < -0.39 is 16.9 Å². The van der Waals surface area contributed by atoms with E-state index in [0.29, 0.717) is 6.54 Å². The molecule has 0 aliphatic carbocycles. The molecule has 1 saturated heterocycles. The van der Waals surface area contributed by atoms with Crippen LogP contribution in [-0.4, -0.2) is 23.4 Å². The van der Waals surface area contributed by atoms with E-state index in [0.717, 1.165) is 0 Å². The summed E-state index contributed by atoms with van der Waals surface area (Å²) in [5, 5.41) is 13.3. The summed E-state index contributed by atoms with van der Waals surface area (Å²) in [4.78, 5) is 19.8. The van der Waals surface area contributed by atoms with Crippen LogP contribution in [0.2, 0.25) is 0 Å². The van der Waals surface area contributed by atoms with Crippen molar-refractivity contribution < 1.29 is 9.72 Å². The van der Waals surface area contributed by atoms with Crippen LogP contribution in [0.4, 0.5) is 0 Å². The zero-order valence-corrected chi connectivity index (χ0v) is 4.61. The van der Waals surface area contributed by atoms with Gasteiger partial charge >= 0.3 is 5.91 Å². The molecule has 1 fully saturated rings. The Hall–Kier alpha value is -1.13. The predicted molar refractivity (Wildman–Crippen MR) is 27.4 cm³/mol. The van der Waals surface area contributed by atoms with E-state index in [2.05, 4.69) is 5.32 Å². The Bertz CT molecular complexity index is 156. The van der Waals surface area contributed by atoms with Gasteiger partial charge in [0.2, 0.25) is 0 Å². The van der Waals surface area contributed by atoms with Crippen molar-refractivity contribution in [2.75, 3.05) is 6.54 Å². The van der Waals surface area contributed by atoms with E-state index >= 15 is 0 Å². The minimum absolute atomic E-state index is 0.270. The van der Waals surface area contributed by atoms with Gasteiger partial charge in [-0.15, -0.1) is 0 Å². The van der Waals surface area contributed by atoms with Crippen molar-refractivity contribution in [1.29, 1.82) is 0 Å². The molecule has 5 nitrogen and oxygen atoms in total. The van der Waals surface area contributed by atoms with Crippen molar-refractivity contribution in [3.8, 4) is 0 Å². The Labute approximate surface area is 51.2 Å². The van der Waals surface area contributed by atoms with Crippen molar-refractivity contribution in [1.82, 2.24) is 5.32 Å². The lowest BCUT2D eigenvalue weighted by molar-refractivity contribution is -0.505.